The quantitative estimate of drug-likeness (QED) is 0.823. The molecule has 4 nitrogen and oxygen atoms in total. The molecular weight excluding hydrogens is 320 g/mol. The average Bonchev–Trinajstić information content (AvgIpc) is 2.40. The summed E-state index contributed by atoms with van der Waals surface area (Å²) in [5.74, 6) is -2.72. The lowest BCUT2D eigenvalue weighted by Gasteiger charge is -2.12. The number of sulfonamides is 1. The number of alkyl halides is 2. The first-order chi connectivity index (χ1) is 9.88. The van der Waals surface area contributed by atoms with Crippen LogP contribution in [0.15, 0.2) is 58.3 Å². The largest absolute Gasteiger partial charge is 0.508 e. The van der Waals surface area contributed by atoms with Gasteiger partial charge in [-0.15, -0.1) is 0 Å². The third-order valence-corrected chi connectivity index (χ3v) is 4.66. The third kappa shape index (κ3) is 4.08. The number of aromatic hydroxyl groups is 1. The first-order valence-corrected chi connectivity index (χ1v) is 8.10. The Morgan fingerprint density at radius 3 is 2.29 bits per heavy atom. The standard InChI is InChI=1S/C13H11F2NO3S2/c14-13(15)20-12-4-2-1-3-11(12)16-21(18,19)10-7-5-9(17)6-8-10/h1-8,13,16-17H. The minimum absolute atomic E-state index is 0.0670. The second-order valence-electron chi connectivity index (χ2n) is 3.97. The number of anilines is 1. The Kier molecular flexibility index (Phi) is 4.69. The lowest BCUT2D eigenvalue weighted by molar-refractivity contribution is 0.252. The van der Waals surface area contributed by atoms with E-state index in [0.717, 1.165) is 0 Å². The number of halogens is 2. The number of hydrogen-bond acceptors (Lipinski definition) is 4. The van der Waals surface area contributed by atoms with Crippen molar-refractivity contribution in [2.45, 2.75) is 15.5 Å². The highest BCUT2D eigenvalue weighted by molar-refractivity contribution is 7.99. The fourth-order valence-corrected chi connectivity index (χ4v) is 3.32. The predicted octanol–water partition coefficient (Wildman–Crippen LogP) is 3.51. The van der Waals surface area contributed by atoms with Gasteiger partial charge in [-0.1, -0.05) is 23.9 Å². The zero-order valence-corrected chi connectivity index (χ0v) is 12.2. The van der Waals surface area contributed by atoms with Crippen molar-refractivity contribution in [1.82, 2.24) is 0 Å². The van der Waals surface area contributed by atoms with E-state index in [-0.39, 0.29) is 33.0 Å². The van der Waals surface area contributed by atoms with E-state index >= 15 is 0 Å². The molecule has 2 rings (SSSR count). The molecule has 0 amide bonds. The Hall–Kier alpha value is -1.80. The summed E-state index contributed by atoms with van der Waals surface area (Å²) in [5.41, 5.74) is 0.0795. The van der Waals surface area contributed by atoms with Crippen LogP contribution in [0.4, 0.5) is 14.5 Å². The molecule has 0 heterocycles. The fourth-order valence-electron chi connectivity index (χ4n) is 1.58. The monoisotopic (exact) mass is 331 g/mol. The van der Waals surface area contributed by atoms with Crippen molar-refractivity contribution in [2.75, 3.05) is 4.72 Å². The SMILES string of the molecule is O=S(=O)(Nc1ccccc1SC(F)F)c1ccc(O)cc1. The van der Waals surface area contributed by atoms with Crippen LogP contribution in [-0.4, -0.2) is 19.3 Å². The maximum atomic E-state index is 12.5. The summed E-state index contributed by atoms with van der Waals surface area (Å²) in [4.78, 5) is 0.0620. The van der Waals surface area contributed by atoms with Gasteiger partial charge in [0, 0.05) is 4.90 Å². The Balaban J connectivity index is 2.30. The summed E-state index contributed by atoms with van der Waals surface area (Å²) in [6, 6.07) is 10.8. The van der Waals surface area contributed by atoms with E-state index in [0.29, 0.717) is 0 Å². The highest BCUT2D eigenvalue weighted by atomic mass is 32.2. The van der Waals surface area contributed by atoms with Crippen LogP contribution in [0.2, 0.25) is 0 Å². The molecule has 2 aromatic carbocycles. The molecule has 0 aromatic heterocycles. The lowest BCUT2D eigenvalue weighted by Crippen LogP contribution is -2.13. The van der Waals surface area contributed by atoms with Crippen LogP contribution in [0, 0.1) is 0 Å². The molecule has 21 heavy (non-hydrogen) atoms. The third-order valence-electron chi connectivity index (χ3n) is 2.49. The van der Waals surface area contributed by atoms with Gasteiger partial charge in [0.25, 0.3) is 15.8 Å². The van der Waals surface area contributed by atoms with Crippen LogP contribution in [0.5, 0.6) is 5.75 Å². The molecule has 0 unspecified atom stereocenters. The Labute approximate surface area is 124 Å². The summed E-state index contributed by atoms with van der Waals surface area (Å²) in [5, 5.41) is 9.15. The van der Waals surface area contributed by atoms with E-state index < -0.39 is 15.8 Å². The number of phenolic OH excluding ortho intramolecular Hbond substituents is 1. The van der Waals surface area contributed by atoms with Crippen LogP contribution in [0.25, 0.3) is 0 Å². The molecule has 0 aliphatic heterocycles. The Bertz CT molecular complexity index is 718. The van der Waals surface area contributed by atoms with Crippen LogP contribution in [-0.2, 0) is 10.0 Å². The lowest BCUT2D eigenvalue weighted by atomic mass is 10.3. The minimum atomic E-state index is -3.91. The number of hydrogen-bond donors (Lipinski definition) is 2. The summed E-state index contributed by atoms with van der Waals surface area (Å²) in [6.45, 7) is 0. The number of rotatable bonds is 5. The number of benzene rings is 2. The Morgan fingerprint density at radius 1 is 1.05 bits per heavy atom. The van der Waals surface area contributed by atoms with Crippen molar-refractivity contribution in [3.05, 3.63) is 48.5 Å². The van der Waals surface area contributed by atoms with Gasteiger partial charge in [0.15, 0.2) is 0 Å². The fraction of sp³-hybridized carbons (Fsp3) is 0.0769. The van der Waals surface area contributed by atoms with E-state index in [1.165, 1.54) is 36.4 Å². The van der Waals surface area contributed by atoms with E-state index in [1.54, 1.807) is 12.1 Å². The molecule has 112 valence electrons. The van der Waals surface area contributed by atoms with Crippen LogP contribution in [0.3, 0.4) is 0 Å². The molecule has 0 atom stereocenters. The van der Waals surface area contributed by atoms with Gasteiger partial charge in [-0.2, -0.15) is 8.78 Å². The second-order valence-corrected chi connectivity index (χ2v) is 6.69. The molecule has 0 fully saturated rings. The first kappa shape index (κ1) is 15.6. The molecule has 0 spiro atoms. The molecule has 0 aliphatic carbocycles. The van der Waals surface area contributed by atoms with E-state index in [9.17, 15) is 17.2 Å². The average molecular weight is 331 g/mol. The molecule has 0 saturated carbocycles. The van der Waals surface area contributed by atoms with Crippen molar-refractivity contribution in [3.8, 4) is 5.75 Å². The van der Waals surface area contributed by atoms with Crippen molar-refractivity contribution in [2.24, 2.45) is 0 Å². The van der Waals surface area contributed by atoms with Crippen molar-refractivity contribution in [3.63, 3.8) is 0 Å². The van der Waals surface area contributed by atoms with Crippen molar-refractivity contribution in [1.29, 1.82) is 0 Å². The van der Waals surface area contributed by atoms with Gasteiger partial charge in [0.1, 0.15) is 5.75 Å². The van der Waals surface area contributed by atoms with Gasteiger partial charge < -0.3 is 5.11 Å². The molecule has 2 aromatic rings. The summed E-state index contributed by atoms with van der Waals surface area (Å²) >= 11 is 0.263. The predicted molar refractivity (Wildman–Crippen MR) is 77.2 cm³/mol. The number of thioether (sulfide) groups is 1. The Morgan fingerprint density at radius 2 is 1.67 bits per heavy atom. The zero-order valence-electron chi connectivity index (χ0n) is 10.5. The molecule has 8 heteroatoms. The molecule has 2 N–H and O–H groups in total. The summed E-state index contributed by atoms with van der Waals surface area (Å²) in [7, 11) is -3.91. The van der Waals surface area contributed by atoms with Gasteiger partial charge in [-0.25, -0.2) is 8.42 Å². The molecule has 0 bridgehead atoms. The van der Waals surface area contributed by atoms with Gasteiger partial charge in [0.05, 0.1) is 10.6 Å². The number of para-hydroxylation sites is 1. The van der Waals surface area contributed by atoms with Gasteiger partial charge in [-0.3, -0.25) is 4.72 Å². The van der Waals surface area contributed by atoms with E-state index in [2.05, 4.69) is 4.72 Å². The normalized spacial score (nSPS) is 11.6. The maximum absolute atomic E-state index is 12.5. The van der Waals surface area contributed by atoms with Gasteiger partial charge in [0.2, 0.25) is 0 Å². The second kappa shape index (κ2) is 6.31. The summed E-state index contributed by atoms with van der Waals surface area (Å²) < 4.78 is 51.5. The first-order valence-electron chi connectivity index (χ1n) is 5.74. The van der Waals surface area contributed by atoms with Gasteiger partial charge >= 0.3 is 0 Å². The van der Waals surface area contributed by atoms with Crippen molar-refractivity contribution < 1.29 is 22.3 Å². The number of phenols is 1. The summed E-state index contributed by atoms with van der Waals surface area (Å²) in [6.07, 6.45) is 0. The molecule has 0 saturated heterocycles. The van der Waals surface area contributed by atoms with E-state index in [4.69, 9.17) is 5.11 Å². The smallest absolute Gasteiger partial charge is 0.288 e. The van der Waals surface area contributed by atoms with Crippen LogP contribution in [0.1, 0.15) is 0 Å². The van der Waals surface area contributed by atoms with Crippen molar-refractivity contribution >= 4 is 27.5 Å². The zero-order chi connectivity index (χ0) is 15.5. The van der Waals surface area contributed by atoms with Crippen LogP contribution < -0.4 is 4.72 Å². The van der Waals surface area contributed by atoms with E-state index in [1.807, 2.05) is 0 Å². The topological polar surface area (TPSA) is 66.4 Å². The maximum Gasteiger partial charge on any atom is 0.288 e. The molecule has 0 radical (unpaired) electrons. The van der Waals surface area contributed by atoms with Gasteiger partial charge in [-0.05, 0) is 36.4 Å². The molecular formula is C13H11F2NO3S2. The molecule has 0 aliphatic rings. The highest BCUT2D eigenvalue weighted by Gasteiger charge is 2.17. The minimum Gasteiger partial charge on any atom is -0.508 e. The van der Waals surface area contributed by atoms with Crippen LogP contribution >= 0.6 is 11.8 Å². The highest BCUT2D eigenvalue weighted by Crippen LogP contribution is 2.32. The number of nitrogens with one attached hydrogen (secondary N) is 1.